The molecule has 35 heavy (non-hydrogen) atoms. The van der Waals surface area contributed by atoms with Gasteiger partial charge in [0.25, 0.3) is 11.8 Å². The second-order valence-electron chi connectivity index (χ2n) is 10.3. The maximum absolute atomic E-state index is 13.5. The van der Waals surface area contributed by atoms with E-state index in [4.69, 9.17) is 15.2 Å². The van der Waals surface area contributed by atoms with Crippen LogP contribution < -0.4 is 20.5 Å². The number of carbonyl (C=O) groups is 2. The smallest absolute Gasteiger partial charge is 0.268 e. The highest BCUT2D eigenvalue weighted by Crippen LogP contribution is 2.47. The Bertz CT molecular complexity index is 1270. The Morgan fingerprint density at radius 2 is 1.97 bits per heavy atom. The number of benzene rings is 1. The number of aryl methyl sites for hydroxylation is 1. The summed E-state index contributed by atoms with van der Waals surface area (Å²) in [4.78, 5) is 27.3. The molecule has 0 bridgehead atoms. The zero-order valence-corrected chi connectivity index (χ0v) is 22.0. The molecule has 0 saturated heterocycles. The number of aromatic nitrogens is 1. The highest BCUT2D eigenvalue weighted by molar-refractivity contribution is 7.13. The van der Waals surface area contributed by atoms with Gasteiger partial charge in [0, 0.05) is 29.1 Å². The topological polar surface area (TPSA) is 95.6 Å². The average Bonchev–Trinajstić information content (AvgIpc) is 3.42. The van der Waals surface area contributed by atoms with Crippen molar-refractivity contribution < 1.29 is 19.1 Å². The van der Waals surface area contributed by atoms with Crippen LogP contribution >= 0.6 is 11.3 Å². The van der Waals surface area contributed by atoms with Gasteiger partial charge in [-0.05, 0) is 54.8 Å². The highest BCUT2D eigenvalue weighted by atomic mass is 32.1. The molecule has 1 aliphatic heterocycles. The number of nitrogens with two attached hydrogens (primary N) is 1. The average molecular weight is 496 g/mol. The predicted octanol–water partition coefficient (Wildman–Crippen LogP) is 5.11. The third-order valence-corrected chi connectivity index (χ3v) is 6.77. The van der Waals surface area contributed by atoms with Crippen LogP contribution in [0.4, 0.5) is 0 Å². The van der Waals surface area contributed by atoms with E-state index in [9.17, 15) is 9.59 Å². The van der Waals surface area contributed by atoms with E-state index in [1.807, 2.05) is 68.8 Å². The first-order chi connectivity index (χ1) is 16.5. The molecule has 2 amide bonds. The second-order valence-corrected chi connectivity index (χ2v) is 11.2. The molecule has 186 valence electrons. The van der Waals surface area contributed by atoms with Crippen molar-refractivity contribution in [3.05, 3.63) is 46.5 Å². The number of primary amides is 1. The Kier molecular flexibility index (Phi) is 6.68. The Labute approximate surface area is 210 Å². The lowest BCUT2D eigenvalue weighted by Gasteiger charge is -2.25. The van der Waals surface area contributed by atoms with Crippen molar-refractivity contribution >= 4 is 23.2 Å². The SMILES string of the molecule is COc1cc2c(cc1OC(C)C)-c1c(-c3cccs3)c(C(N)=O)c(C(=O)NCC(C)(C)C)n1CC2. The minimum absolute atomic E-state index is 0.0472. The van der Waals surface area contributed by atoms with Crippen molar-refractivity contribution in [2.45, 2.75) is 53.7 Å². The molecule has 0 unspecified atom stereocenters. The standard InChI is InChI=1S/C27H33N3O4S/c1-15(2)34-19-13-17-16(12-18(19)33-6)9-10-30-23(17)21(20-8-7-11-35-20)22(25(28)31)24(30)26(32)29-14-27(3,4)5/h7-8,11-13,15H,9-10,14H2,1-6H3,(H2,28,31)(H,29,32). The fraction of sp³-hybridized carbons (Fsp3) is 0.407. The van der Waals surface area contributed by atoms with Crippen LogP contribution in [0.5, 0.6) is 11.5 Å². The van der Waals surface area contributed by atoms with Crippen molar-refractivity contribution in [2.24, 2.45) is 11.1 Å². The first-order valence-electron chi connectivity index (χ1n) is 11.8. The maximum Gasteiger partial charge on any atom is 0.268 e. The first-order valence-corrected chi connectivity index (χ1v) is 12.7. The fourth-order valence-corrected chi connectivity index (χ4v) is 5.23. The Balaban J connectivity index is 2.00. The molecular weight excluding hydrogens is 462 g/mol. The van der Waals surface area contributed by atoms with Gasteiger partial charge in [-0.2, -0.15) is 0 Å². The number of carbonyl (C=O) groups excluding carboxylic acids is 2. The molecular formula is C27H33N3O4S. The van der Waals surface area contributed by atoms with E-state index >= 15 is 0 Å². The van der Waals surface area contributed by atoms with E-state index in [-0.39, 0.29) is 23.0 Å². The predicted molar refractivity (Wildman–Crippen MR) is 140 cm³/mol. The van der Waals surface area contributed by atoms with Gasteiger partial charge in [-0.1, -0.05) is 26.8 Å². The van der Waals surface area contributed by atoms with Crippen molar-refractivity contribution in [3.8, 4) is 33.2 Å². The Morgan fingerprint density at radius 3 is 2.54 bits per heavy atom. The van der Waals surface area contributed by atoms with Gasteiger partial charge in [-0.3, -0.25) is 9.59 Å². The summed E-state index contributed by atoms with van der Waals surface area (Å²) in [5.41, 5.74) is 9.87. The van der Waals surface area contributed by atoms with Crippen LogP contribution in [0.15, 0.2) is 29.6 Å². The van der Waals surface area contributed by atoms with E-state index in [0.717, 1.165) is 21.7 Å². The molecule has 0 fully saturated rings. The molecule has 0 radical (unpaired) electrons. The van der Waals surface area contributed by atoms with Crippen LogP contribution in [0, 0.1) is 5.41 Å². The molecule has 0 spiro atoms. The number of hydrogen-bond donors (Lipinski definition) is 2. The molecule has 1 aliphatic rings. The van der Waals surface area contributed by atoms with Crippen LogP contribution in [0.1, 0.15) is 61.0 Å². The summed E-state index contributed by atoms with van der Waals surface area (Å²) in [7, 11) is 1.63. The minimum atomic E-state index is -0.620. The Hall–Kier alpha value is -3.26. The van der Waals surface area contributed by atoms with Gasteiger partial charge < -0.3 is 25.1 Å². The normalized spacial score (nSPS) is 12.8. The van der Waals surface area contributed by atoms with E-state index < -0.39 is 5.91 Å². The molecule has 1 aromatic carbocycles. The number of hydrogen-bond acceptors (Lipinski definition) is 5. The molecule has 8 heteroatoms. The minimum Gasteiger partial charge on any atom is -0.493 e. The summed E-state index contributed by atoms with van der Waals surface area (Å²) in [5.74, 6) is 0.360. The number of nitrogens with one attached hydrogen (secondary N) is 1. The molecule has 2 aromatic heterocycles. The van der Waals surface area contributed by atoms with Crippen molar-refractivity contribution in [1.82, 2.24) is 9.88 Å². The van der Waals surface area contributed by atoms with Crippen molar-refractivity contribution in [2.75, 3.05) is 13.7 Å². The zero-order chi connectivity index (χ0) is 25.5. The number of methoxy groups -OCH3 is 1. The molecule has 0 aliphatic carbocycles. The van der Waals surface area contributed by atoms with Crippen molar-refractivity contribution in [3.63, 3.8) is 0 Å². The molecule has 3 N–H and O–H groups in total. The lowest BCUT2D eigenvalue weighted by Crippen LogP contribution is -2.35. The van der Waals surface area contributed by atoms with Gasteiger partial charge in [0.15, 0.2) is 11.5 Å². The lowest BCUT2D eigenvalue weighted by atomic mass is 9.94. The van der Waals surface area contributed by atoms with Crippen LogP contribution in [0.3, 0.4) is 0 Å². The number of amides is 2. The highest BCUT2D eigenvalue weighted by Gasteiger charge is 2.35. The van der Waals surface area contributed by atoms with Crippen LogP contribution in [0.25, 0.3) is 21.7 Å². The van der Waals surface area contributed by atoms with Gasteiger partial charge in [0.1, 0.15) is 5.69 Å². The van der Waals surface area contributed by atoms with E-state index in [1.54, 1.807) is 7.11 Å². The van der Waals surface area contributed by atoms with E-state index in [2.05, 4.69) is 5.32 Å². The van der Waals surface area contributed by atoms with Gasteiger partial charge >= 0.3 is 0 Å². The van der Waals surface area contributed by atoms with Gasteiger partial charge in [0.2, 0.25) is 0 Å². The number of fused-ring (bicyclic) bond motifs is 3. The second kappa shape index (κ2) is 9.41. The number of ether oxygens (including phenoxy) is 2. The quantitative estimate of drug-likeness (QED) is 0.476. The molecule has 0 atom stereocenters. The van der Waals surface area contributed by atoms with Crippen LogP contribution in [-0.4, -0.2) is 36.1 Å². The zero-order valence-electron chi connectivity index (χ0n) is 21.2. The molecule has 0 saturated carbocycles. The molecule has 3 aromatic rings. The molecule has 7 nitrogen and oxygen atoms in total. The van der Waals surface area contributed by atoms with Crippen LogP contribution in [-0.2, 0) is 13.0 Å². The van der Waals surface area contributed by atoms with Gasteiger partial charge in [0.05, 0.1) is 24.5 Å². The lowest BCUT2D eigenvalue weighted by molar-refractivity contribution is 0.0916. The summed E-state index contributed by atoms with van der Waals surface area (Å²) < 4.78 is 13.6. The molecule has 3 heterocycles. The fourth-order valence-electron chi connectivity index (χ4n) is 4.46. The summed E-state index contributed by atoms with van der Waals surface area (Å²) in [6, 6.07) is 7.83. The number of thiophene rings is 1. The largest absolute Gasteiger partial charge is 0.493 e. The van der Waals surface area contributed by atoms with Gasteiger partial charge in [-0.25, -0.2) is 0 Å². The third kappa shape index (κ3) is 4.80. The number of nitrogens with zero attached hydrogens (tertiary/aromatic N) is 1. The van der Waals surface area contributed by atoms with Crippen LogP contribution in [0.2, 0.25) is 0 Å². The summed E-state index contributed by atoms with van der Waals surface area (Å²) >= 11 is 1.51. The third-order valence-electron chi connectivity index (χ3n) is 5.88. The maximum atomic E-state index is 13.5. The number of rotatable bonds is 7. The van der Waals surface area contributed by atoms with E-state index in [1.165, 1.54) is 11.3 Å². The van der Waals surface area contributed by atoms with E-state index in [0.29, 0.717) is 42.3 Å². The Morgan fingerprint density at radius 1 is 1.23 bits per heavy atom. The van der Waals surface area contributed by atoms with Gasteiger partial charge in [-0.15, -0.1) is 11.3 Å². The first kappa shape index (κ1) is 24.9. The molecule has 4 rings (SSSR count). The summed E-state index contributed by atoms with van der Waals surface area (Å²) in [6.07, 6.45) is 0.630. The van der Waals surface area contributed by atoms with Crippen molar-refractivity contribution in [1.29, 1.82) is 0 Å². The monoisotopic (exact) mass is 495 g/mol. The summed E-state index contributed by atoms with van der Waals surface area (Å²) in [5, 5.41) is 4.97. The summed E-state index contributed by atoms with van der Waals surface area (Å²) in [6.45, 7) is 11.1.